The fourth-order valence-electron chi connectivity index (χ4n) is 1.05. The molecule has 1 atom stereocenters. The zero-order valence-corrected chi connectivity index (χ0v) is 9.31. The Morgan fingerprint density at radius 3 is 3.14 bits per heavy atom. The van der Waals surface area contributed by atoms with Gasteiger partial charge in [0.05, 0.1) is 11.7 Å². The van der Waals surface area contributed by atoms with Gasteiger partial charge in [-0.2, -0.15) is 0 Å². The van der Waals surface area contributed by atoms with Crippen LogP contribution in [0.1, 0.15) is 23.7 Å². The van der Waals surface area contributed by atoms with E-state index < -0.39 is 0 Å². The van der Waals surface area contributed by atoms with Gasteiger partial charge >= 0.3 is 0 Å². The average molecular weight is 226 g/mol. The predicted octanol–water partition coefficient (Wildman–Crippen LogP) is 1.85. The quantitative estimate of drug-likeness (QED) is 0.864. The Balaban J connectivity index is 1.87. The van der Waals surface area contributed by atoms with E-state index in [1.165, 1.54) is 11.5 Å². The molecule has 2 rings (SSSR count). The van der Waals surface area contributed by atoms with Crippen LogP contribution in [0.15, 0.2) is 17.0 Å². The van der Waals surface area contributed by atoms with Gasteiger partial charge in [0.1, 0.15) is 5.01 Å². The van der Waals surface area contributed by atoms with Gasteiger partial charge in [0, 0.05) is 23.5 Å². The van der Waals surface area contributed by atoms with Crippen molar-refractivity contribution in [2.45, 2.75) is 19.5 Å². The molecule has 2 aromatic heterocycles. The molecule has 6 heteroatoms. The summed E-state index contributed by atoms with van der Waals surface area (Å²) in [5.74, 6) is 0. The summed E-state index contributed by atoms with van der Waals surface area (Å²) in [6, 6.07) is 0.275. The molecule has 2 aromatic rings. The van der Waals surface area contributed by atoms with Crippen LogP contribution in [0.3, 0.4) is 0 Å². The standard InChI is InChI=1S/C8H10N4S2/c1-6(8-9-2-3-13-8)10-4-7-5-14-12-11-7/h2-3,5-6,10H,4H2,1H3. The fraction of sp³-hybridized carbons (Fsp3) is 0.375. The highest BCUT2D eigenvalue weighted by Crippen LogP contribution is 2.14. The van der Waals surface area contributed by atoms with Crippen LogP contribution in [0, 0.1) is 0 Å². The van der Waals surface area contributed by atoms with Crippen molar-refractivity contribution in [3.8, 4) is 0 Å². The molecule has 1 unspecified atom stereocenters. The third kappa shape index (κ3) is 2.34. The Morgan fingerprint density at radius 1 is 1.57 bits per heavy atom. The maximum Gasteiger partial charge on any atom is 0.109 e. The third-order valence-corrected chi connectivity index (χ3v) is 3.33. The smallest absolute Gasteiger partial charge is 0.109 e. The molecule has 4 nitrogen and oxygen atoms in total. The molecule has 0 spiro atoms. The summed E-state index contributed by atoms with van der Waals surface area (Å²) in [5, 5.41) is 12.3. The zero-order valence-electron chi connectivity index (χ0n) is 7.67. The Labute approximate surface area is 90.2 Å². The van der Waals surface area contributed by atoms with Gasteiger partial charge in [-0.25, -0.2) is 4.98 Å². The molecule has 0 amide bonds. The van der Waals surface area contributed by atoms with Gasteiger partial charge in [-0.15, -0.1) is 16.4 Å². The summed E-state index contributed by atoms with van der Waals surface area (Å²) in [7, 11) is 0. The highest BCUT2D eigenvalue weighted by Gasteiger charge is 2.07. The maximum absolute atomic E-state index is 4.24. The van der Waals surface area contributed by atoms with Gasteiger partial charge < -0.3 is 5.32 Å². The number of nitrogens with zero attached hydrogens (tertiary/aromatic N) is 3. The SMILES string of the molecule is CC(NCc1csnn1)c1nccs1. The molecule has 0 aromatic carbocycles. The Kier molecular flexibility index (Phi) is 3.18. The van der Waals surface area contributed by atoms with Crippen molar-refractivity contribution < 1.29 is 0 Å². The van der Waals surface area contributed by atoms with Crippen molar-refractivity contribution in [2.24, 2.45) is 0 Å². The Bertz CT molecular complexity index is 357. The second kappa shape index (κ2) is 4.59. The lowest BCUT2D eigenvalue weighted by Crippen LogP contribution is -2.18. The molecular formula is C8H10N4S2. The van der Waals surface area contributed by atoms with Gasteiger partial charge in [-0.3, -0.25) is 0 Å². The first-order valence-electron chi connectivity index (χ1n) is 4.25. The lowest BCUT2D eigenvalue weighted by Gasteiger charge is -2.08. The molecule has 0 fully saturated rings. The number of nitrogens with one attached hydrogen (secondary N) is 1. The van der Waals surface area contributed by atoms with Crippen molar-refractivity contribution in [2.75, 3.05) is 0 Å². The summed E-state index contributed by atoms with van der Waals surface area (Å²) >= 11 is 3.04. The molecule has 74 valence electrons. The van der Waals surface area contributed by atoms with Crippen LogP contribution in [0.4, 0.5) is 0 Å². The van der Waals surface area contributed by atoms with E-state index in [1.807, 2.05) is 17.0 Å². The highest BCUT2D eigenvalue weighted by atomic mass is 32.1. The van der Waals surface area contributed by atoms with Crippen molar-refractivity contribution >= 4 is 22.9 Å². The van der Waals surface area contributed by atoms with E-state index in [-0.39, 0.29) is 6.04 Å². The Morgan fingerprint density at radius 2 is 2.50 bits per heavy atom. The van der Waals surface area contributed by atoms with E-state index in [9.17, 15) is 0 Å². The first-order valence-corrected chi connectivity index (χ1v) is 5.96. The number of aromatic nitrogens is 3. The first kappa shape index (κ1) is 9.70. The summed E-state index contributed by atoms with van der Waals surface area (Å²) < 4.78 is 3.80. The van der Waals surface area contributed by atoms with Crippen LogP contribution in [0.5, 0.6) is 0 Å². The van der Waals surface area contributed by atoms with Crippen molar-refractivity contribution in [1.29, 1.82) is 0 Å². The largest absolute Gasteiger partial charge is 0.302 e. The molecule has 0 aliphatic rings. The molecule has 2 heterocycles. The van der Waals surface area contributed by atoms with E-state index in [1.54, 1.807) is 11.3 Å². The highest BCUT2D eigenvalue weighted by molar-refractivity contribution is 7.09. The normalized spacial score (nSPS) is 12.9. The van der Waals surface area contributed by atoms with Crippen LogP contribution in [-0.4, -0.2) is 14.6 Å². The van der Waals surface area contributed by atoms with Gasteiger partial charge in [0.2, 0.25) is 0 Å². The maximum atomic E-state index is 4.24. The molecule has 0 bridgehead atoms. The van der Waals surface area contributed by atoms with Gasteiger partial charge in [0.25, 0.3) is 0 Å². The lowest BCUT2D eigenvalue weighted by atomic mass is 10.3. The first-order chi connectivity index (χ1) is 6.86. The van der Waals surface area contributed by atoms with E-state index in [2.05, 4.69) is 26.8 Å². The van der Waals surface area contributed by atoms with Crippen LogP contribution in [-0.2, 0) is 6.54 Å². The van der Waals surface area contributed by atoms with E-state index >= 15 is 0 Å². The number of thiazole rings is 1. The minimum Gasteiger partial charge on any atom is -0.302 e. The number of rotatable bonds is 4. The Hall–Kier alpha value is -0.850. The van der Waals surface area contributed by atoms with E-state index in [0.29, 0.717) is 0 Å². The minimum absolute atomic E-state index is 0.275. The number of hydrogen-bond donors (Lipinski definition) is 1. The molecule has 0 aliphatic heterocycles. The summed E-state index contributed by atoms with van der Waals surface area (Å²) in [6.45, 7) is 2.84. The van der Waals surface area contributed by atoms with E-state index in [4.69, 9.17) is 0 Å². The van der Waals surface area contributed by atoms with Crippen LogP contribution >= 0.6 is 22.9 Å². The van der Waals surface area contributed by atoms with Gasteiger partial charge in [-0.1, -0.05) is 4.49 Å². The second-order valence-corrected chi connectivity index (χ2v) is 4.41. The molecule has 0 aliphatic carbocycles. The summed E-state index contributed by atoms with van der Waals surface area (Å²) in [6.07, 6.45) is 1.82. The summed E-state index contributed by atoms with van der Waals surface area (Å²) in [4.78, 5) is 4.24. The van der Waals surface area contributed by atoms with Crippen LogP contribution in [0.25, 0.3) is 0 Å². The van der Waals surface area contributed by atoms with Crippen molar-refractivity contribution in [3.05, 3.63) is 27.7 Å². The second-order valence-electron chi connectivity index (χ2n) is 2.87. The van der Waals surface area contributed by atoms with Gasteiger partial charge in [0.15, 0.2) is 0 Å². The minimum atomic E-state index is 0.275. The number of hydrogen-bond acceptors (Lipinski definition) is 6. The molecule has 1 N–H and O–H groups in total. The van der Waals surface area contributed by atoms with Crippen molar-refractivity contribution in [3.63, 3.8) is 0 Å². The molecule has 14 heavy (non-hydrogen) atoms. The van der Waals surface area contributed by atoms with Crippen LogP contribution in [0.2, 0.25) is 0 Å². The van der Waals surface area contributed by atoms with Crippen LogP contribution < -0.4 is 5.32 Å². The van der Waals surface area contributed by atoms with Gasteiger partial charge in [-0.05, 0) is 18.5 Å². The molecule has 0 saturated carbocycles. The summed E-state index contributed by atoms with van der Waals surface area (Å²) in [5.41, 5.74) is 0.985. The van der Waals surface area contributed by atoms with E-state index in [0.717, 1.165) is 17.2 Å². The molecular weight excluding hydrogens is 216 g/mol. The van der Waals surface area contributed by atoms with Crippen molar-refractivity contribution in [1.82, 2.24) is 19.9 Å². The average Bonchev–Trinajstić information content (AvgIpc) is 2.87. The lowest BCUT2D eigenvalue weighted by molar-refractivity contribution is 0.564. The topological polar surface area (TPSA) is 50.7 Å². The predicted molar refractivity (Wildman–Crippen MR) is 57.3 cm³/mol. The molecule has 0 saturated heterocycles. The fourth-order valence-corrected chi connectivity index (χ4v) is 2.18. The molecule has 0 radical (unpaired) electrons. The third-order valence-electron chi connectivity index (χ3n) is 1.82. The monoisotopic (exact) mass is 226 g/mol. The zero-order chi connectivity index (χ0) is 9.80.